The molecule has 4 nitrogen and oxygen atoms in total. The molecule has 0 unspecified atom stereocenters. The van der Waals surface area contributed by atoms with E-state index in [0.29, 0.717) is 18.9 Å². The van der Waals surface area contributed by atoms with Gasteiger partial charge >= 0.3 is 0 Å². The fourth-order valence-corrected chi connectivity index (χ4v) is 4.60. The third-order valence-electron chi connectivity index (χ3n) is 5.65. The zero-order valence-electron chi connectivity index (χ0n) is 16.7. The second-order valence-corrected chi connectivity index (χ2v) is 9.75. The van der Waals surface area contributed by atoms with Crippen LogP contribution < -0.4 is 15.4 Å². The molecule has 0 bridgehead atoms. The van der Waals surface area contributed by atoms with E-state index in [1.165, 1.54) is 0 Å². The number of hydrogen-bond acceptors (Lipinski definition) is 3. The lowest BCUT2D eigenvalue weighted by molar-refractivity contribution is -0.122. The largest absolute Gasteiger partial charge is 0.493 e. The second kappa shape index (κ2) is 7.22. The van der Waals surface area contributed by atoms with E-state index in [1.54, 1.807) is 0 Å². The lowest BCUT2D eigenvalue weighted by atomic mass is 9.74. The first-order valence-electron chi connectivity index (χ1n) is 9.91. The fraction of sp³-hybridized carbons (Fsp3) is 0.682. The van der Waals surface area contributed by atoms with E-state index in [4.69, 9.17) is 4.74 Å². The molecular formula is C22H34N2O2. The van der Waals surface area contributed by atoms with Crippen molar-refractivity contribution in [2.45, 2.75) is 70.9 Å². The van der Waals surface area contributed by atoms with Crippen LogP contribution in [0.3, 0.4) is 0 Å². The molecule has 1 amide bonds. The zero-order chi connectivity index (χ0) is 18.8. The predicted molar refractivity (Wildman–Crippen MR) is 105 cm³/mol. The van der Waals surface area contributed by atoms with Crippen molar-refractivity contribution in [3.05, 3.63) is 30.3 Å². The van der Waals surface area contributed by atoms with E-state index >= 15 is 0 Å². The Morgan fingerprint density at radius 1 is 1.12 bits per heavy atom. The number of carbonyl (C=O) groups is 1. The maximum absolute atomic E-state index is 12.5. The fourth-order valence-electron chi connectivity index (χ4n) is 4.60. The summed E-state index contributed by atoms with van der Waals surface area (Å²) in [6.07, 6.45) is 4.99. The van der Waals surface area contributed by atoms with Crippen LogP contribution in [0, 0.1) is 11.3 Å². The minimum Gasteiger partial charge on any atom is -0.493 e. The monoisotopic (exact) mass is 358 g/mol. The Morgan fingerprint density at radius 3 is 2.31 bits per heavy atom. The van der Waals surface area contributed by atoms with Crippen LogP contribution in [0.2, 0.25) is 0 Å². The van der Waals surface area contributed by atoms with E-state index in [2.05, 4.69) is 38.3 Å². The number of para-hydroxylation sites is 1. The summed E-state index contributed by atoms with van der Waals surface area (Å²) >= 11 is 0. The van der Waals surface area contributed by atoms with E-state index in [0.717, 1.165) is 38.0 Å². The SMILES string of the molecule is CC1(C)CC(CC(=O)NCC2(COc3ccccc3)CC2)CC(C)(C)N1. The van der Waals surface area contributed by atoms with Gasteiger partial charge in [0.15, 0.2) is 0 Å². The van der Waals surface area contributed by atoms with Crippen LogP contribution in [-0.2, 0) is 4.79 Å². The molecule has 0 radical (unpaired) electrons. The summed E-state index contributed by atoms with van der Waals surface area (Å²) < 4.78 is 5.91. The number of carbonyl (C=O) groups excluding carboxylic acids is 1. The summed E-state index contributed by atoms with van der Waals surface area (Å²) in [5, 5.41) is 6.87. The summed E-state index contributed by atoms with van der Waals surface area (Å²) in [5.41, 5.74) is 0.319. The lowest BCUT2D eigenvalue weighted by Crippen LogP contribution is -2.58. The molecule has 2 aliphatic rings. The van der Waals surface area contributed by atoms with E-state index in [1.807, 2.05) is 30.3 Å². The standard InChI is InChI=1S/C22H34N2O2/c1-20(2)13-17(14-21(3,4)24-20)12-19(25)23-15-22(10-11-22)16-26-18-8-6-5-7-9-18/h5-9,17,24H,10-16H2,1-4H3,(H,23,25). The highest BCUT2D eigenvalue weighted by Crippen LogP contribution is 2.45. The van der Waals surface area contributed by atoms with Gasteiger partial charge in [-0.2, -0.15) is 0 Å². The Morgan fingerprint density at radius 2 is 1.73 bits per heavy atom. The lowest BCUT2D eigenvalue weighted by Gasteiger charge is -2.46. The number of amides is 1. The van der Waals surface area contributed by atoms with Crippen molar-refractivity contribution >= 4 is 5.91 Å². The Labute approximate surface area is 158 Å². The minimum atomic E-state index is 0.0912. The molecular weight excluding hydrogens is 324 g/mol. The molecule has 1 aromatic rings. The van der Waals surface area contributed by atoms with Crippen molar-refractivity contribution < 1.29 is 9.53 Å². The van der Waals surface area contributed by atoms with Crippen LogP contribution >= 0.6 is 0 Å². The van der Waals surface area contributed by atoms with Gasteiger partial charge in [-0.15, -0.1) is 0 Å². The third-order valence-corrected chi connectivity index (χ3v) is 5.65. The molecule has 1 heterocycles. The van der Waals surface area contributed by atoms with Crippen molar-refractivity contribution in [2.75, 3.05) is 13.2 Å². The molecule has 144 valence electrons. The van der Waals surface area contributed by atoms with E-state index < -0.39 is 0 Å². The first kappa shape index (κ1) is 19.2. The number of rotatable bonds is 7. The summed E-state index contributed by atoms with van der Waals surface area (Å²) in [4.78, 5) is 12.5. The number of benzene rings is 1. The van der Waals surface area contributed by atoms with Crippen LogP contribution in [0.4, 0.5) is 0 Å². The van der Waals surface area contributed by atoms with E-state index in [9.17, 15) is 4.79 Å². The third kappa shape index (κ3) is 5.47. The van der Waals surface area contributed by atoms with Gasteiger partial charge in [0, 0.05) is 29.5 Å². The van der Waals surface area contributed by atoms with Gasteiger partial charge in [0.1, 0.15) is 5.75 Å². The smallest absolute Gasteiger partial charge is 0.220 e. The van der Waals surface area contributed by atoms with Crippen molar-refractivity contribution in [3.8, 4) is 5.75 Å². The van der Waals surface area contributed by atoms with Gasteiger partial charge in [-0.05, 0) is 71.4 Å². The summed E-state index contributed by atoms with van der Waals surface area (Å²) in [6.45, 7) is 10.4. The normalized spacial score (nSPS) is 23.2. The molecule has 0 spiro atoms. The highest BCUT2D eigenvalue weighted by atomic mass is 16.5. The molecule has 1 aromatic carbocycles. The Hall–Kier alpha value is -1.55. The summed E-state index contributed by atoms with van der Waals surface area (Å²) in [5.74, 6) is 1.54. The maximum Gasteiger partial charge on any atom is 0.220 e. The maximum atomic E-state index is 12.5. The van der Waals surface area contributed by atoms with Gasteiger partial charge in [-0.25, -0.2) is 0 Å². The molecule has 1 saturated heterocycles. The molecule has 0 atom stereocenters. The molecule has 0 aromatic heterocycles. The molecule has 4 heteroatoms. The summed E-state index contributed by atoms with van der Waals surface area (Å²) in [7, 11) is 0. The van der Waals surface area contributed by atoms with Gasteiger partial charge in [0.25, 0.3) is 0 Å². The highest BCUT2D eigenvalue weighted by Gasteiger charge is 2.44. The second-order valence-electron chi connectivity index (χ2n) is 9.75. The topological polar surface area (TPSA) is 50.4 Å². The van der Waals surface area contributed by atoms with Crippen LogP contribution in [0.1, 0.15) is 59.8 Å². The molecule has 2 N–H and O–H groups in total. The van der Waals surface area contributed by atoms with Crippen LogP contribution in [0.5, 0.6) is 5.75 Å². The molecule has 1 aliphatic carbocycles. The van der Waals surface area contributed by atoms with Gasteiger partial charge < -0.3 is 15.4 Å². The zero-order valence-corrected chi connectivity index (χ0v) is 16.7. The first-order valence-corrected chi connectivity index (χ1v) is 9.91. The van der Waals surface area contributed by atoms with Crippen LogP contribution in [0.15, 0.2) is 30.3 Å². The number of hydrogen-bond donors (Lipinski definition) is 2. The minimum absolute atomic E-state index is 0.0912. The molecule has 3 rings (SSSR count). The number of nitrogens with one attached hydrogen (secondary N) is 2. The van der Waals surface area contributed by atoms with Gasteiger partial charge in [0.2, 0.25) is 5.91 Å². The van der Waals surface area contributed by atoms with Crippen LogP contribution in [0.25, 0.3) is 0 Å². The molecule has 1 aliphatic heterocycles. The van der Waals surface area contributed by atoms with Crippen LogP contribution in [-0.4, -0.2) is 30.1 Å². The molecule has 1 saturated carbocycles. The highest BCUT2D eigenvalue weighted by molar-refractivity contribution is 5.76. The quantitative estimate of drug-likeness (QED) is 0.777. The van der Waals surface area contributed by atoms with Gasteiger partial charge in [0.05, 0.1) is 6.61 Å². The number of ether oxygens (including phenoxy) is 1. The number of piperidine rings is 1. The molecule has 26 heavy (non-hydrogen) atoms. The van der Waals surface area contributed by atoms with Gasteiger partial charge in [-0.3, -0.25) is 4.79 Å². The summed E-state index contributed by atoms with van der Waals surface area (Å²) in [6, 6.07) is 9.92. The predicted octanol–water partition coefficient (Wildman–Crippen LogP) is 3.91. The molecule has 2 fully saturated rings. The Balaban J connectivity index is 1.44. The van der Waals surface area contributed by atoms with Crippen molar-refractivity contribution in [1.29, 1.82) is 0 Å². The van der Waals surface area contributed by atoms with E-state index in [-0.39, 0.29) is 22.4 Å². The van der Waals surface area contributed by atoms with Crippen molar-refractivity contribution in [3.63, 3.8) is 0 Å². The Kier molecular flexibility index (Phi) is 5.34. The average molecular weight is 359 g/mol. The van der Waals surface area contributed by atoms with Crippen molar-refractivity contribution in [2.24, 2.45) is 11.3 Å². The first-order chi connectivity index (χ1) is 12.2. The van der Waals surface area contributed by atoms with Gasteiger partial charge in [-0.1, -0.05) is 18.2 Å². The Bertz CT molecular complexity index is 604. The average Bonchev–Trinajstić information content (AvgIpc) is 3.29. The van der Waals surface area contributed by atoms with Crippen molar-refractivity contribution in [1.82, 2.24) is 10.6 Å².